The predicted octanol–water partition coefficient (Wildman–Crippen LogP) is 3.32. The Labute approximate surface area is 134 Å². The normalized spacial score (nSPS) is 10.5. The lowest BCUT2D eigenvalue weighted by Crippen LogP contribution is -2.27. The molecule has 0 unspecified atom stereocenters. The van der Waals surface area contributed by atoms with Crippen molar-refractivity contribution in [1.29, 1.82) is 0 Å². The summed E-state index contributed by atoms with van der Waals surface area (Å²) in [6.45, 7) is 2.29. The van der Waals surface area contributed by atoms with Crippen LogP contribution in [0.2, 0.25) is 0 Å². The van der Waals surface area contributed by atoms with Gasteiger partial charge in [0.2, 0.25) is 0 Å². The Kier molecular flexibility index (Phi) is 4.19. The molecule has 0 atom stereocenters. The van der Waals surface area contributed by atoms with Gasteiger partial charge in [-0.2, -0.15) is 0 Å². The largest absolute Gasteiger partial charge is 0.472 e. The number of carbonyl (C=O) groups excluding carboxylic acids is 1. The Balaban J connectivity index is 1.94. The summed E-state index contributed by atoms with van der Waals surface area (Å²) in [4.78, 5) is 23.1. The Hall–Kier alpha value is -2.95. The third-order valence-corrected chi connectivity index (χ3v) is 3.53. The minimum atomic E-state index is -0.120. The van der Waals surface area contributed by atoms with Crippen LogP contribution < -0.4 is 0 Å². The zero-order chi connectivity index (χ0) is 16.2. The molecule has 0 bridgehead atoms. The fourth-order valence-corrected chi connectivity index (χ4v) is 2.38. The monoisotopic (exact) mass is 307 g/mol. The van der Waals surface area contributed by atoms with Crippen LogP contribution in [0.3, 0.4) is 0 Å². The van der Waals surface area contributed by atoms with E-state index >= 15 is 0 Å². The molecule has 0 saturated heterocycles. The Morgan fingerprint density at radius 1 is 1.22 bits per heavy atom. The summed E-state index contributed by atoms with van der Waals surface area (Å²) < 4.78 is 5.05. The smallest absolute Gasteiger partial charge is 0.257 e. The van der Waals surface area contributed by atoms with E-state index in [-0.39, 0.29) is 5.91 Å². The number of hydrogen-bond donors (Lipinski definition) is 0. The van der Waals surface area contributed by atoms with Crippen molar-refractivity contribution in [3.63, 3.8) is 0 Å². The van der Waals surface area contributed by atoms with Gasteiger partial charge in [0, 0.05) is 30.9 Å². The minimum Gasteiger partial charge on any atom is -0.472 e. The lowest BCUT2D eigenvalue weighted by molar-refractivity contribution is 0.0785. The molecule has 5 heteroatoms. The standard InChI is InChI=1S/C18H17N3O2/c1-13-19-10-16(17(20-13)15-6-4-3-5-7-15)18(22)21(2)11-14-8-9-23-12-14/h3-10,12H,11H2,1-2H3. The fourth-order valence-electron chi connectivity index (χ4n) is 2.38. The van der Waals surface area contributed by atoms with E-state index in [0.29, 0.717) is 23.6 Å². The molecule has 1 aromatic carbocycles. The van der Waals surface area contributed by atoms with Crippen LogP contribution in [0.15, 0.2) is 59.5 Å². The topological polar surface area (TPSA) is 59.2 Å². The number of benzene rings is 1. The molecule has 0 N–H and O–H groups in total. The van der Waals surface area contributed by atoms with Crippen LogP contribution in [0.25, 0.3) is 11.3 Å². The van der Waals surface area contributed by atoms with Crippen LogP contribution in [0, 0.1) is 6.92 Å². The summed E-state index contributed by atoms with van der Waals surface area (Å²) in [5.74, 6) is 0.517. The van der Waals surface area contributed by atoms with Gasteiger partial charge in [0.1, 0.15) is 5.82 Å². The minimum absolute atomic E-state index is 0.120. The number of nitrogens with zero attached hydrogens (tertiary/aromatic N) is 3. The van der Waals surface area contributed by atoms with Crippen molar-refractivity contribution in [2.45, 2.75) is 13.5 Å². The molecule has 0 fully saturated rings. The first-order valence-corrected chi connectivity index (χ1v) is 7.31. The highest BCUT2D eigenvalue weighted by molar-refractivity contribution is 5.99. The first kappa shape index (κ1) is 15.0. The maximum Gasteiger partial charge on any atom is 0.257 e. The van der Waals surface area contributed by atoms with E-state index in [1.54, 1.807) is 30.7 Å². The average Bonchev–Trinajstić information content (AvgIpc) is 3.08. The van der Waals surface area contributed by atoms with Gasteiger partial charge in [-0.15, -0.1) is 0 Å². The molecule has 0 aliphatic heterocycles. The van der Waals surface area contributed by atoms with E-state index in [4.69, 9.17) is 4.42 Å². The van der Waals surface area contributed by atoms with Crippen molar-refractivity contribution in [1.82, 2.24) is 14.9 Å². The van der Waals surface area contributed by atoms with Crippen LogP contribution in [0.1, 0.15) is 21.7 Å². The molecule has 5 nitrogen and oxygen atoms in total. The van der Waals surface area contributed by atoms with Gasteiger partial charge in [0.05, 0.1) is 23.8 Å². The van der Waals surface area contributed by atoms with Crippen LogP contribution in [0.5, 0.6) is 0 Å². The van der Waals surface area contributed by atoms with Crippen LogP contribution in [0.4, 0.5) is 0 Å². The highest BCUT2D eigenvalue weighted by Gasteiger charge is 2.19. The lowest BCUT2D eigenvalue weighted by Gasteiger charge is -2.18. The molecule has 0 aliphatic carbocycles. The van der Waals surface area contributed by atoms with Crippen molar-refractivity contribution in [3.05, 3.63) is 72.1 Å². The number of rotatable bonds is 4. The van der Waals surface area contributed by atoms with Gasteiger partial charge in [-0.05, 0) is 13.0 Å². The van der Waals surface area contributed by atoms with E-state index in [9.17, 15) is 4.79 Å². The molecule has 0 aliphatic rings. The van der Waals surface area contributed by atoms with Crippen LogP contribution in [-0.4, -0.2) is 27.8 Å². The van der Waals surface area contributed by atoms with Gasteiger partial charge >= 0.3 is 0 Å². The quantitative estimate of drug-likeness (QED) is 0.742. The summed E-state index contributed by atoms with van der Waals surface area (Å²) in [6.07, 6.45) is 4.82. The van der Waals surface area contributed by atoms with Gasteiger partial charge in [0.15, 0.2) is 0 Å². The van der Waals surface area contributed by atoms with E-state index in [1.807, 2.05) is 43.3 Å². The highest BCUT2D eigenvalue weighted by atomic mass is 16.3. The molecule has 3 rings (SSSR count). The van der Waals surface area contributed by atoms with E-state index < -0.39 is 0 Å². The third-order valence-electron chi connectivity index (χ3n) is 3.53. The summed E-state index contributed by atoms with van der Waals surface area (Å²) in [7, 11) is 1.75. The van der Waals surface area contributed by atoms with Gasteiger partial charge in [-0.25, -0.2) is 9.97 Å². The molecule has 116 valence electrons. The SMILES string of the molecule is Cc1ncc(C(=O)N(C)Cc2ccoc2)c(-c2ccccc2)n1. The Bertz CT molecular complexity index is 798. The zero-order valence-corrected chi connectivity index (χ0v) is 13.1. The number of amides is 1. The molecule has 3 aromatic rings. The number of aromatic nitrogens is 2. The number of furan rings is 1. The molecular formula is C18H17N3O2. The number of carbonyl (C=O) groups is 1. The summed E-state index contributed by atoms with van der Waals surface area (Å²) in [6, 6.07) is 11.5. The van der Waals surface area contributed by atoms with Gasteiger partial charge in [0.25, 0.3) is 5.91 Å². The molecule has 2 aromatic heterocycles. The van der Waals surface area contributed by atoms with Crippen LogP contribution >= 0.6 is 0 Å². The van der Waals surface area contributed by atoms with Gasteiger partial charge in [-0.1, -0.05) is 30.3 Å². The second-order valence-electron chi connectivity index (χ2n) is 5.34. The molecule has 1 amide bonds. The predicted molar refractivity (Wildman–Crippen MR) is 86.7 cm³/mol. The molecule has 23 heavy (non-hydrogen) atoms. The Morgan fingerprint density at radius 2 is 2.00 bits per heavy atom. The van der Waals surface area contributed by atoms with Crippen LogP contribution in [-0.2, 0) is 6.54 Å². The molecule has 0 saturated carbocycles. The van der Waals surface area contributed by atoms with Gasteiger partial charge in [-0.3, -0.25) is 4.79 Å². The molecule has 0 radical (unpaired) electrons. The van der Waals surface area contributed by atoms with Crippen molar-refractivity contribution in [3.8, 4) is 11.3 Å². The Morgan fingerprint density at radius 3 is 2.70 bits per heavy atom. The van der Waals surface area contributed by atoms with E-state index in [2.05, 4.69) is 9.97 Å². The summed E-state index contributed by atoms with van der Waals surface area (Å²) >= 11 is 0. The van der Waals surface area contributed by atoms with Gasteiger partial charge < -0.3 is 9.32 Å². The van der Waals surface area contributed by atoms with E-state index in [0.717, 1.165) is 11.1 Å². The number of hydrogen-bond acceptors (Lipinski definition) is 4. The van der Waals surface area contributed by atoms with Crippen molar-refractivity contribution in [2.75, 3.05) is 7.05 Å². The maximum atomic E-state index is 12.8. The second kappa shape index (κ2) is 6.44. The number of aryl methyl sites for hydroxylation is 1. The average molecular weight is 307 g/mol. The van der Waals surface area contributed by atoms with Crippen molar-refractivity contribution >= 4 is 5.91 Å². The highest BCUT2D eigenvalue weighted by Crippen LogP contribution is 2.22. The first-order valence-electron chi connectivity index (χ1n) is 7.31. The van der Waals surface area contributed by atoms with Crippen molar-refractivity contribution in [2.24, 2.45) is 0 Å². The van der Waals surface area contributed by atoms with Crippen molar-refractivity contribution < 1.29 is 9.21 Å². The van der Waals surface area contributed by atoms with E-state index in [1.165, 1.54) is 0 Å². The summed E-state index contributed by atoms with van der Waals surface area (Å²) in [5, 5.41) is 0. The zero-order valence-electron chi connectivity index (χ0n) is 13.1. The third kappa shape index (κ3) is 3.29. The lowest BCUT2D eigenvalue weighted by atomic mass is 10.1. The summed E-state index contributed by atoms with van der Waals surface area (Å²) in [5.41, 5.74) is 2.99. The fraction of sp³-hybridized carbons (Fsp3) is 0.167. The maximum absolute atomic E-state index is 12.8. The molecule has 2 heterocycles. The first-order chi connectivity index (χ1) is 11.1. The second-order valence-corrected chi connectivity index (χ2v) is 5.34. The molecular weight excluding hydrogens is 290 g/mol. The molecule has 0 spiro atoms.